The zero-order valence-corrected chi connectivity index (χ0v) is 13.4. The number of aromatic amines is 1. The maximum absolute atomic E-state index is 12.1. The molecule has 1 aromatic carbocycles. The summed E-state index contributed by atoms with van der Waals surface area (Å²) in [5.74, 6) is 0.966. The predicted molar refractivity (Wildman–Crippen MR) is 90.6 cm³/mol. The summed E-state index contributed by atoms with van der Waals surface area (Å²) in [6.45, 7) is 2.02. The molecule has 2 aromatic rings. The molecule has 1 aromatic heterocycles. The summed E-state index contributed by atoms with van der Waals surface area (Å²) >= 11 is 1.78. The molecule has 0 saturated carbocycles. The maximum Gasteiger partial charge on any atom is 0.237 e. The van der Waals surface area contributed by atoms with Crippen LogP contribution in [0.4, 0.5) is 0 Å². The van der Waals surface area contributed by atoms with E-state index in [4.69, 9.17) is 5.73 Å². The van der Waals surface area contributed by atoms with Crippen LogP contribution in [0.15, 0.2) is 30.5 Å². The van der Waals surface area contributed by atoms with Gasteiger partial charge in [0.05, 0.1) is 6.04 Å². The van der Waals surface area contributed by atoms with E-state index in [-0.39, 0.29) is 11.9 Å². The number of H-pyrrole nitrogens is 1. The van der Waals surface area contributed by atoms with E-state index in [9.17, 15) is 4.79 Å². The molecule has 0 aliphatic carbocycles. The summed E-state index contributed by atoms with van der Waals surface area (Å²) in [6.07, 6.45) is 5.52. The number of amides is 1. The molecule has 5 heteroatoms. The number of carbonyl (C=O) groups is 1. The van der Waals surface area contributed by atoms with Crippen LogP contribution in [-0.4, -0.2) is 35.0 Å². The van der Waals surface area contributed by atoms with Crippen LogP contribution < -0.4 is 11.1 Å². The zero-order valence-electron chi connectivity index (χ0n) is 12.6. The van der Waals surface area contributed by atoms with Crippen molar-refractivity contribution in [2.24, 2.45) is 5.73 Å². The second-order valence-electron chi connectivity index (χ2n) is 5.36. The molecule has 2 atom stereocenters. The van der Waals surface area contributed by atoms with E-state index in [0.29, 0.717) is 6.42 Å². The Morgan fingerprint density at radius 3 is 2.95 bits per heavy atom. The van der Waals surface area contributed by atoms with E-state index in [1.54, 1.807) is 11.8 Å². The van der Waals surface area contributed by atoms with Crippen molar-refractivity contribution in [2.45, 2.75) is 31.8 Å². The molecule has 4 nitrogen and oxygen atoms in total. The fourth-order valence-electron chi connectivity index (χ4n) is 2.35. The van der Waals surface area contributed by atoms with Crippen molar-refractivity contribution in [3.8, 4) is 0 Å². The Bertz CT molecular complexity index is 596. The fraction of sp³-hybridized carbons (Fsp3) is 0.438. The molecule has 2 unspecified atom stereocenters. The van der Waals surface area contributed by atoms with E-state index in [1.807, 2.05) is 37.4 Å². The lowest BCUT2D eigenvalue weighted by Crippen LogP contribution is -2.45. The van der Waals surface area contributed by atoms with Gasteiger partial charge in [0.2, 0.25) is 5.91 Å². The zero-order chi connectivity index (χ0) is 15.2. The highest BCUT2D eigenvalue weighted by Gasteiger charge is 2.17. The highest BCUT2D eigenvalue weighted by Crippen LogP contribution is 2.18. The molecule has 0 aliphatic rings. The average Bonchev–Trinajstić information content (AvgIpc) is 2.88. The minimum atomic E-state index is -0.513. The van der Waals surface area contributed by atoms with Gasteiger partial charge in [0.25, 0.3) is 0 Å². The van der Waals surface area contributed by atoms with Crippen LogP contribution in [0, 0.1) is 0 Å². The Hall–Kier alpha value is -1.46. The maximum atomic E-state index is 12.1. The molecule has 1 amide bonds. The fourth-order valence-corrected chi connectivity index (χ4v) is 2.94. The van der Waals surface area contributed by atoms with Crippen LogP contribution in [0.25, 0.3) is 10.9 Å². The number of nitrogens with one attached hydrogen (secondary N) is 2. The highest BCUT2D eigenvalue weighted by molar-refractivity contribution is 7.98. The van der Waals surface area contributed by atoms with E-state index >= 15 is 0 Å². The van der Waals surface area contributed by atoms with Crippen molar-refractivity contribution < 1.29 is 4.79 Å². The number of thioether (sulfide) groups is 1. The Labute approximate surface area is 129 Å². The van der Waals surface area contributed by atoms with E-state index in [0.717, 1.165) is 28.6 Å². The standard InChI is InChI=1S/C16H23N3OS/c1-11(7-8-21-2)19-16(20)14(17)9-12-10-18-15-6-4-3-5-13(12)15/h3-6,10-11,14,18H,7-9,17H2,1-2H3,(H,19,20). The van der Waals surface area contributed by atoms with Crippen molar-refractivity contribution in [3.05, 3.63) is 36.0 Å². The molecular weight excluding hydrogens is 282 g/mol. The normalized spacial score (nSPS) is 14.0. The second kappa shape index (κ2) is 7.52. The van der Waals surface area contributed by atoms with Gasteiger partial charge in [-0.2, -0.15) is 11.8 Å². The number of rotatable bonds is 7. The highest BCUT2D eigenvalue weighted by atomic mass is 32.2. The van der Waals surface area contributed by atoms with Crippen molar-refractivity contribution >= 4 is 28.6 Å². The summed E-state index contributed by atoms with van der Waals surface area (Å²) in [5, 5.41) is 4.12. The third-order valence-electron chi connectivity index (χ3n) is 3.60. The van der Waals surface area contributed by atoms with Gasteiger partial charge < -0.3 is 16.0 Å². The first-order chi connectivity index (χ1) is 10.1. The topological polar surface area (TPSA) is 70.9 Å². The molecule has 0 saturated heterocycles. The average molecular weight is 305 g/mol. The smallest absolute Gasteiger partial charge is 0.237 e. The number of fused-ring (bicyclic) bond motifs is 1. The van der Waals surface area contributed by atoms with Gasteiger partial charge in [-0.3, -0.25) is 4.79 Å². The number of nitrogens with two attached hydrogens (primary N) is 1. The van der Waals surface area contributed by atoms with Crippen molar-refractivity contribution in [1.29, 1.82) is 0 Å². The number of hydrogen-bond donors (Lipinski definition) is 3. The van der Waals surface area contributed by atoms with Crippen LogP contribution >= 0.6 is 11.8 Å². The first-order valence-electron chi connectivity index (χ1n) is 7.21. The van der Waals surface area contributed by atoms with Crippen LogP contribution in [0.3, 0.4) is 0 Å². The minimum absolute atomic E-state index is 0.0751. The number of carbonyl (C=O) groups excluding carboxylic acids is 1. The Morgan fingerprint density at radius 2 is 2.19 bits per heavy atom. The number of hydrogen-bond acceptors (Lipinski definition) is 3. The molecule has 0 aliphatic heterocycles. The third-order valence-corrected chi connectivity index (χ3v) is 4.24. The van der Waals surface area contributed by atoms with Crippen LogP contribution in [-0.2, 0) is 11.2 Å². The lowest BCUT2D eigenvalue weighted by molar-refractivity contribution is -0.122. The van der Waals surface area contributed by atoms with Gasteiger partial charge in [-0.1, -0.05) is 18.2 Å². The van der Waals surface area contributed by atoms with Crippen molar-refractivity contribution in [1.82, 2.24) is 10.3 Å². The van der Waals surface area contributed by atoms with Gasteiger partial charge in [0.15, 0.2) is 0 Å². The monoisotopic (exact) mass is 305 g/mol. The summed E-state index contributed by atoms with van der Waals surface area (Å²) in [4.78, 5) is 15.3. The van der Waals surface area contributed by atoms with Gasteiger partial charge in [-0.05, 0) is 43.4 Å². The summed E-state index contributed by atoms with van der Waals surface area (Å²) in [7, 11) is 0. The lowest BCUT2D eigenvalue weighted by atomic mass is 10.0. The van der Waals surface area contributed by atoms with Gasteiger partial charge >= 0.3 is 0 Å². The van der Waals surface area contributed by atoms with E-state index in [2.05, 4.69) is 16.6 Å². The number of para-hydroxylation sites is 1. The van der Waals surface area contributed by atoms with Gasteiger partial charge in [0.1, 0.15) is 0 Å². The molecular formula is C16H23N3OS. The third kappa shape index (κ3) is 4.25. The predicted octanol–water partition coefficient (Wildman–Crippen LogP) is 2.30. The molecule has 0 radical (unpaired) electrons. The molecule has 4 N–H and O–H groups in total. The summed E-state index contributed by atoms with van der Waals surface area (Å²) in [6, 6.07) is 7.71. The van der Waals surface area contributed by atoms with Gasteiger partial charge in [-0.25, -0.2) is 0 Å². The Morgan fingerprint density at radius 1 is 1.43 bits per heavy atom. The SMILES string of the molecule is CSCCC(C)NC(=O)C(N)Cc1c[nH]c2ccccc12. The molecule has 0 bridgehead atoms. The number of aromatic nitrogens is 1. The molecule has 2 rings (SSSR count). The van der Waals surface area contributed by atoms with E-state index in [1.165, 1.54) is 0 Å². The molecule has 0 spiro atoms. The van der Waals surface area contributed by atoms with Crippen molar-refractivity contribution in [2.75, 3.05) is 12.0 Å². The quantitative estimate of drug-likeness (QED) is 0.735. The van der Waals surface area contributed by atoms with E-state index < -0.39 is 6.04 Å². The van der Waals surface area contributed by atoms with Crippen LogP contribution in [0.2, 0.25) is 0 Å². The van der Waals surface area contributed by atoms with Crippen LogP contribution in [0.1, 0.15) is 18.9 Å². The second-order valence-corrected chi connectivity index (χ2v) is 6.35. The first-order valence-corrected chi connectivity index (χ1v) is 8.61. The molecule has 114 valence electrons. The molecule has 21 heavy (non-hydrogen) atoms. The Kier molecular flexibility index (Phi) is 5.70. The minimum Gasteiger partial charge on any atom is -0.361 e. The van der Waals surface area contributed by atoms with Crippen molar-refractivity contribution in [3.63, 3.8) is 0 Å². The first kappa shape index (κ1) is 15.9. The summed E-state index contributed by atoms with van der Waals surface area (Å²) in [5.41, 5.74) is 8.21. The van der Waals surface area contributed by atoms with Crippen LogP contribution in [0.5, 0.6) is 0 Å². The van der Waals surface area contributed by atoms with Gasteiger partial charge in [-0.15, -0.1) is 0 Å². The molecule has 0 fully saturated rings. The largest absolute Gasteiger partial charge is 0.361 e. The molecule has 1 heterocycles. The number of benzene rings is 1. The lowest BCUT2D eigenvalue weighted by Gasteiger charge is -2.17. The summed E-state index contributed by atoms with van der Waals surface area (Å²) < 4.78 is 0. The Balaban J connectivity index is 1.94. The van der Waals surface area contributed by atoms with Gasteiger partial charge in [0, 0.05) is 23.1 Å².